The Balaban J connectivity index is 1.31. The Morgan fingerprint density at radius 3 is 2.56 bits per heavy atom. The van der Waals surface area contributed by atoms with Crippen molar-refractivity contribution in [2.24, 2.45) is 23.7 Å². The number of benzene rings is 2. The summed E-state index contributed by atoms with van der Waals surface area (Å²) in [5.74, 6) is -2.08. The summed E-state index contributed by atoms with van der Waals surface area (Å²) in [7, 11) is 0. The van der Waals surface area contributed by atoms with Gasteiger partial charge in [-0.25, -0.2) is 0 Å². The van der Waals surface area contributed by atoms with Crippen molar-refractivity contribution in [2.45, 2.75) is 25.1 Å². The van der Waals surface area contributed by atoms with Crippen LogP contribution in [0, 0.1) is 23.7 Å². The number of para-hydroxylation sites is 1. The molecule has 0 spiro atoms. The molecule has 2 aromatic carbocycles. The van der Waals surface area contributed by atoms with E-state index >= 15 is 0 Å². The quantitative estimate of drug-likeness (QED) is 0.696. The van der Waals surface area contributed by atoms with Crippen LogP contribution in [0.4, 0.5) is 24.5 Å². The number of carbonyl (C=O) groups is 3. The van der Waals surface area contributed by atoms with E-state index < -0.39 is 29.5 Å². The number of halogens is 3. The first kappa shape index (κ1) is 20.5. The van der Waals surface area contributed by atoms with Crippen LogP contribution >= 0.6 is 0 Å². The number of nitrogens with one attached hydrogen (secondary N) is 2. The number of hydrogen-bond donors (Lipinski definition) is 2. The van der Waals surface area contributed by atoms with Crippen molar-refractivity contribution in [3.63, 3.8) is 0 Å². The topological polar surface area (TPSA) is 84.5 Å². The summed E-state index contributed by atoms with van der Waals surface area (Å²) in [6, 6.07) is 10.7. The van der Waals surface area contributed by atoms with Crippen molar-refractivity contribution in [1.82, 2.24) is 0 Å². The first-order valence-corrected chi connectivity index (χ1v) is 10.3. The Hall–Kier alpha value is -3.36. The molecule has 0 aromatic heterocycles. The summed E-state index contributed by atoms with van der Waals surface area (Å²) in [5.41, 5.74) is -0.878. The molecule has 0 unspecified atom stereocenters. The highest BCUT2D eigenvalue weighted by atomic mass is 19.4. The number of alkyl halides is 3. The summed E-state index contributed by atoms with van der Waals surface area (Å²) >= 11 is 0. The summed E-state index contributed by atoms with van der Waals surface area (Å²) in [4.78, 5) is 37.6. The predicted molar refractivity (Wildman–Crippen MR) is 108 cm³/mol. The molecule has 2 aliphatic carbocycles. The fourth-order valence-corrected chi connectivity index (χ4v) is 5.36. The predicted octanol–water partition coefficient (Wildman–Crippen LogP) is 4.09. The lowest BCUT2D eigenvalue weighted by Gasteiger charge is -2.23. The molecular weight excluding hydrogens is 425 g/mol. The molecule has 0 radical (unpaired) electrons. The van der Waals surface area contributed by atoms with Gasteiger partial charge in [-0.2, -0.15) is 13.2 Å². The van der Waals surface area contributed by atoms with E-state index in [9.17, 15) is 27.6 Å². The third kappa shape index (κ3) is 3.41. The minimum Gasteiger partial charge on any atom is -0.462 e. The van der Waals surface area contributed by atoms with E-state index in [1.54, 1.807) is 6.07 Å². The van der Waals surface area contributed by atoms with E-state index in [2.05, 4.69) is 10.6 Å². The van der Waals surface area contributed by atoms with E-state index in [-0.39, 0.29) is 41.1 Å². The normalized spacial score (nSPS) is 27.8. The Labute approximate surface area is 181 Å². The van der Waals surface area contributed by atoms with Gasteiger partial charge in [-0.1, -0.05) is 18.2 Å². The second-order valence-corrected chi connectivity index (χ2v) is 8.49. The molecule has 2 bridgehead atoms. The summed E-state index contributed by atoms with van der Waals surface area (Å²) in [6.07, 6.45) is -3.21. The van der Waals surface area contributed by atoms with E-state index in [1.807, 2.05) is 0 Å². The average Bonchev–Trinajstić information content (AvgIpc) is 3.36. The molecule has 3 fully saturated rings. The van der Waals surface area contributed by atoms with Crippen LogP contribution in [0.25, 0.3) is 0 Å². The van der Waals surface area contributed by atoms with Crippen LogP contribution in [0.3, 0.4) is 0 Å². The Morgan fingerprint density at radius 2 is 1.78 bits per heavy atom. The number of rotatable bonds is 4. The van der Waals surface area contributed by atoms with Gasteiger partial charge in [-0.15, -0.1) is 0 Å². The van der Waals surface area contributed by atoms with Gasteiger partial charge in [0.1, 0.15) is 6.10 Å². The maximum atomic E-state index is 13.2. The lowest BCUT2D eigenvalue weighted by atomic mass is 9.79. The Kier molecular flexibility index (Phi) is 4.72. The number of carbonyl (C=O) groups excluding carboxylic acids is 3. The first-order chi connectivity index (χ1) is 15.2. The highest BCUT2D eigenvalue weighted by Gasteiger charge is 2.63. The minimum atomic E-state index is -4.61. The standard InChI is InChI=1S/C23H19F3N2O4/c24-23(25,26)15-6-1-2-7-16(15)28-20(29)11-4-3-5-13(8-11)27-21(30)18-12-9-14-17(10-12)32-22(31)19(14)18/h1-8,12,14,17-19H,9-10H2,(H,27,30)(H,28,29)/t12-,14+,17-,18-,19-/m1/s1. The van der Waals surface area contributed by atoms with Gasteiger partial charge >= 0.3 is 12.1 Å². The van der Waals surface area contributed by atoms with Crippen LogP contribution in [-0.2, 0) is 20.5 Å². The number of amides is 2. The largest absolute Gasteiger partial charge is 0.462 e. The van der Waals surface area contributed by atoms with E-state index in [4.69, 9.17) is 4.74 Å². The second kappa shape index (κ2) is 7.36. The number of esters is 1. The molecule has 3 aliphatic rings. The van der Waals surface area contributed by atoms with Crippen LogP contribution in [0.5, 0.6) is 0 Å². The van der Waals surface area contributed by atoms with Crippen molar-refractivity contribution in [3.05, 3.63) is 59.7 Å². The number of ether oxygens (including phenoxy) is 1. The number of hydrogen-bond acceptors (Lipinski definition) is 4. The molecule has 2 N–H and O–H groups in total. The molecule has 32 heavy (non-hydrogen) atoms. The van der Waals surface area contributed by atoms with Gasteiger partial charge in [-0.3, -0.25) is 14.4 Å². The van der Waals surface area contributed by atoms with Gasteiger partial charge in [0, 0.05) is 17.2 Å². The van der Waals surface area contributed by atoms with Gasteiger partial charge in [0.05, 0.1) is 23.1 Å². The van der Waals surface area contributed by atoms with Crippen molar-refractivity contribution >= 4 is 29.2 Å². The van der Waals surface area contributed by atoms with Crippen molar-refractivity contribution < 1.29 is 32.3 Å². The molecular formula is C23H19F3N2O4. The van der Waals surface area contributed by atoms with Crippen LogP contribution in [-0.4, -0.2) is 23.9 Å². The average molecular weight is 444 g/mol. The van der Waals surface area contributed by atoms with Crippen LogP contribution < -0.4 is 10.6 Å². The zero-order valence-corrected chi connectivity index (χ0v) is 16.7. The lowest BCUT2D eigenvalue weighted by molar-refractivity contribution is -0.145. The maximum absolute atomic E-state index is 13.2. The smallest absolute Gasteiger partial charge is 0.418 e. The third-order valence-electron chi connectivity index (χ3n) is 6.66. The molecule has 2 amide bonds. The van der Waals surface area contributed by atoms with Gasteiger partial charge in [0.25, 0.3) is 5.91 Å². The summed E-state index contributed by atoms with van der Waals surface area (Å²) in [6.45, 7) is 0. The Morgan fingerprint density at radius 1 is 1.00 bits per heavy atom. The van der Waals surface area contributed by atoms with Crippen molar-refractivity contribution in [2.75, 3.05) is 10.6 Å². The summed E-state index contributed by atoms with van der Waals surface area (Å²) < 4.78 is 44.9. The third-order valence-corrected chi connectivity index (χ3v) is 6.66. The fraction of sp³-hybridized carbons (Fsp3) is 0.348. The zero-order chi connectivity index (χ0) is 22.6. The SMILES string of the molecule is O=C(Nc1ccccc1C(F)(F)F)c1cccc(NC(=O)[C@@H]2[C@@H]3C[C@@H]4[C@H]2C(=O)O[C@@H]4C3)c1. The van der Waals surface area contributed by atoms with Gasteiger partial charge in [0.15, 0.2) is 0 Å². The van der Waals surface area contributed by atoms with Gasteiger partial charge in [-0.05, 0) is 49.1 Å². The highest BCUT2D eigenvalue weighted by Crippen LogP contribution is 2.57. The van der Waals surface area contributed by atoms with E-state index in [0.717, 1.165) is 12.5 Å². The molecule has 1 aliphatic heterocycles. The monoisotopic (exact) mass is 444 g/mol. The van der Waals surface area contributed by atoms with Gasteiger partial charge < -0.3 is 15.4 Å². The number of anilines is 2. The lowest BCUT2D eigenvalue weighted by Crippen LogP contribution is -2.35. The van der Waals surface area contributed by atoms with Crippen molar-refractivity contribution in [3.8, 4) is 0 Å². The Bertz CT molecular complexity index is 1110. The molecule has 1 saturated heterocycles. The molecule has 2 saturated carbocycles. The molecule has 2 aromatic rings. The van der Waals surface area contributed by atoms with E-state index in [0.29, 0.717) is 12.1 Å². The zero-order valence-electron chi connectivity index (χ0n) is 16.7. The van der Waals surface area contributed by atoms with Crippen LogP contribution in [0.15, 0.2) is 48.5 Å². The highest BCUT2D eigenvalue weighted by molar-refractivity contribution is 6.06. The minimum absolute atomic E-state index is 0.0758. The van der Waals surface area contributed by atoms with Crippen LogP contribution in [0.2, 0.25) is 0 Å². The molecule has 1 heterocycles. The molecule has 6 nitrogen and oxygen atoms in total. The van der Waals surface area contributed by atoms with Gasteiger partial charge in [0.2, 0.25) is 5.91 Å². The fourth-order valence-electron chi connectivity index (χ4n) is 5.36. The molecule has 5 atom stereocenters. The first-order valence-electron chi connectivity index (χ1n) is 10.3. The molecule has 9 heteroatoms. The second-order valence-electron chi connectivity index (χ2n) is 8.49. The van der Waals surface area contributed by atoms with Crippen LogP contribution in [0.1, 0.15) is 28.8 Å². The molecule has 5 rings (SSSR count). The van der Waals surface area contributed by atoms with E-state index in [1.165, 1.54) is 36.4 Å². The molecule has 166 valence electrons. The summed E-state index contributed by atoms with van der Waals surface area (Å²) in [5, 5.41) is 5.05. The number of fused-ring (bicyclic) bond motifs is 1. The van der Waals surface area contributed by atoms with Crippen molar-refractivity contribution in [1.29, 1.82) is 0 Å². The maximum Gasteiger partial charge on any atom is 0.418 e.